The number of rotatable bonds is 3. The standard InChI is InChI=1S/C11H9Cl2N3O2/c1-15-6-14-16(11(15)18)5-10(17)8-4-7(12)2-3-9(8)13/h2-4,6H,5H2,1H3. The molecule has 0 amide bonds. The Morgan fingerprint density at radius 2 is 2.11 bits per heavy atom. The van der Waals surface area contributed by atoms with E-state index in [0.717, 1.165) is 4.68 Å². The Morgan fingerprint density at radius 3 is 2.72 bits per heavy atom. The number of benzene rings is 1. The third-order valence-electron chi connectivity index (χ3n) is 2.41. The summed E-state index contributed by atoms with van der Waals surface area (Å²) in [4.78, 5) is 23.5. The molecule has 0 N–H and O–H groups in total. The number of Topliss-reactive ketones (excluding diaryl/α,β-unsaturated/α-hetero) is 1. The smallest absolute Gasteiger partial charge is 0.292 e. The fourth-order valence-electron chi connectivity index (χ4n) is 1.46. The molecule has 0 bridgehead atoms. The molecule has 0 fully saturated rings. The van der Waals surface area contributed by atoms with Crippen molar-refractivity contribution in [2.24, 2.45) is 7.05 Å². The summed E-state index contributed by atoms with van der Waals surface area (Å²) in [6, 6.07) is 4.60. The molecule has 0 spiro atoms. The van der Waals surface area contributed by atoms with Gasteiger partial charge in [-0.1, -0.05) is 23.2 Å². The summed E-state index contributed by atoms with van der Waals surface area (Å²) in [7, 11) is 1.56. The quantitative estimate of drug-likeness (QED) is 0.808. The molecular weight excluding hydrogens is 277 g/mol. The third-order valence-corrected chi connectivity index (χ3v) is 2.97. The molecule has 0 radical (unpaired) electrons. The zero-order chi connectivity index (χ0) is 13.3. The number of aryl methyl sites for hydroxylation is 1. The van der Waals surface area contributed by atoms with E-state index in [1.807, 2.05) is 0 Å². The van der Waals surface area contributed by atoms with Crippen LogP contribution in [0.15, 0.2) is 29.3 Å². The molecule has 0 aliphatic heterocycles. The summed E-state index contributed by atoms with van der Waals surface area (Å²) in [5, 5.41) is 4.52. The number of ketones is 1. The van der Waals surface area contributed by atoms with Crippen molar-refractivity contribution in [2.45, 2.75) is 6.54 Å². The predicted molar refractivity (Wildman–Crippen MR) is 68.3 cm³/mol. The van der Waals surface area contributed by atoms with E-state index in [9.17, 15) is 9.59 Å². The van der Waals surface area contributed by atoms with Crippen LogP contribution in [0.25, 0.3) is 0 Å². The number of carbonyl (C=O) groups is 1. The van der Waals surface area contributed by atoms with Gasteiger partial charge in [0.15, 0.2) is 5.78 Å². The van der Waals surface area contributed by atoms with Crippen LogP contribution in [-0.4, -0.2) is 20.1 Å². The maximum Gasteiger partial charge on any atom is 0.345 e. The maximum atomic E-state index is 12.0. The minimum absolute atomic E-state index is 0.167. The average molecular weight is 286 g/mol. The van der Waals surface area contributed by atoms with Gasteiger partial charge in [0, 0.05) is 17.6 Å². The second-order valence-electron chi connectivity index (χ2n) is 3.73. The van der Waals surface area contributed by atoms with Gasteiger partial charge in [-0.05, 0) is 18.2 Å². The van der Waals surface area contributed by atoms with Crippen LogP contribution < -0.4 is 5.69 Å². The summed E-state index contributed by atoms with van der Waals surface area (Å²) < 4.78 is 2.35. The molecule has 7 heteroatoms. The van der Waals surface area contributed by atoms with Crippen molar-refractivity contribution >= 4 is 29.0 Å². The SMILES string of the molecule is Cn1cnn(CC(=O)c2cc(Cl)ccc2Cl)c1=O. The number of aromatic nitrogens is 3. The van der Waals surface area contributed by atoms with Crippen LogP contribution in [0.3, 0.4) is 0 Å². The largest absolute Gasteiger partial charge is 0.345 e. The van der Waals surface area contributed by atoms with Gasteiger partial charge >= 0.3 is 5.69 Å². The minimum atomic E-state index is -0.360. The monoisotopic (exact) mass is 285 g/mol. The van der Waals surface area contributed by atoms with Crippen LogP contribution >= 0.6 is 23.2 Å². The lowest BCUT2D eigenvalue weighted by atomic mass is 10.1. The van der Waals surface area contributed by atoms with Crippen molar-refractivity contribution in [3.8, 4) is 0 Å². The predicted octanol–water partition coefficient (Wildman–Crippen LogP) is 1.77. The molecule has 5 nitrogen and oxygen atoms in total. The van der Waals surface area contributed by atoms with Crippen LogP contribution in [0.2, 0.25) is 10.0 Å². The molecule has 18 heavy (non-hydrogen) atoms. The molecule has 1 aromatic carbocycles. The Morgan fingerprint density at radius 1 is 1.39 bits per heavy atom. The molecule has 0 saturated carbocycles. The third kappa shape index (κ3) is 2.47. The van der Waals surface area contributed by atoms with Crippen LogP contribution in [0.1, 0.15) is 10.4 Å². The first-order valence-corrected chi connectivity index (χ1v) is 5.81. The molecule has 0 atom stereocenters. The number of nitrogens with zero attached hydrogens (tertiary/aromatic N) is 3. The first-order valence-electron chi connectivity index (χ1n) is 5.05. The summed E-state index contributed by atoms with van der Waals surface area (Å²) in [5.41, 5.74) is -0.0804. The maximum absolute atomic E-state index is 12.0. The van der Waals surface area contributed by atoms with Crippen molar-refractivity contribution < 1.29 is 4.79 Å². The van der Waals surface area contributed by atoms with Gasteiger partial charge < -0.3 is 0 Å². The Hall–Kier alpha value is -1.59. The Bertz CT molecular complexity index is 661. The highest BCUT2D eigenvalue weighted by Gasteiger charge is 2.14. The molecule has 0 aliphatic carbocycles. The van der Waals surface area contributed by atoms with Crippen molar-refractivity contribution in [2.75, 3.05) is 0 Å². The number of halogens is 2. The van der Waals surface area contributed by atoms with Gasteiger partial charge in [0.1, 0.15) is 12.9 Å². The molecule has 94 valence electrons. The van der Waals surface area contributed by atoms with E-state index in [0.29, 0.717) is 10.0 Å². The van der Waals surface area contributed by atoms with Gasteiger partial charge in [-0.25, -0.2) is 9.48 Å². The highest BCUT2D eigenvalue weighted by atomic mass is 35.5. The van der Waals surface area contributed by atoms with E-state index in [1.54, 1.807) is 13.1 Å². The molecular formula is C11H9Cl2N3O2. The average Bonchev–Trinajstić information content (AvgIpc) is 2.64. The summed E-state index contributed by atoms with van der Waals surface area (Å²) in [6.07, 6.45) is 1.34. The zero-order valence-corrected chi connectivity index (χ0v) is 10.9. The van der Waals surface area contributed by atoms with Crippen LogP contribution in [0.5, 0.6) is 0 Å². The fraction of sp³-hybridized carbons (Fsp3) is 0.182. The van der Waals surface area contributed by atoms with Gasteiger partial charge in [-0.3, -0.25) is 9.36 Å². The van der Waals surface area contributed by atoms with E-state index in [-0.39, 0.29) is 23.6 Å². The Kier molecular flexibility index (Phi) is 3.54. The van der Waals surface area contributed by atoms with E-state index < -0.39 is 0 Å². The fourth-order valence-corrected chi connectivity index (χ4v) is 1.86. The van der Waals surface area contributed by atoms with E-state index in [4.69, 9.17) is 23.2 Å². The van der Waals surface area contributed by atoms with Gasteiger partial charge in [0.2, 0.25) is 0 Å². The first-order chi connectivity index (χ1) is 8.49. The molecule has 0 saturated heterocycles. The highest BCUT2D eigenvalue weighted by Crippen LogP contribution is 2.21. The first kappa shape index (κ1) is 12.9. The van der Waals surface area contributed by atoms with Gasteiger partial charge in [-0.2, -0.15) is 5.10 Å². The van der Waals surface area contributed by atoms with Crippen LogP contribution in [-0.2, 0) is 13.6 Å². The minimum Gasteiger partial charge on any atom is -0.292 e. The number of carbonyl (C=O) groups excluding carboxylic acids is 1. The van der Waals surface area contributed by atoms with Crippen molar-refractivity contribution in [3.63, 3.8) is 0 Å². The second kappa shape index (κ2) is 4.96. The Balaban J connectivity index is 2.30. The van der Waals surface area contributed by atoms with Gasteiger partial charge in [0.05, 0.1) is 5.02 Å². The molecule has 2 rings (SSSR count). The normalized spacial score (nSPS) is 10.6. The molecule has 2 aromatic rings. The second-order valence-corrected chi connectivity index (χ2v) is 4.57. The lowest BCUT2D eigenvalue weighted by Crippen LogP contribution is -2.26. The summed E-state index contributed by atoms with van der Waals surface area (Å²) >= 11 is 11.7. The molecule has 0 unspecified atom stereocenters. The lowest BCUT2D eigenvalue weighted by Gasteiger charge is -2.03. The van der Waals surface area contributed by atoms with Crippen LogP contribution in [0.4, 0.5) is 0 Å². The van der Waals surface area contributed by atoms with Crippen molar-refractivity contribution in [1.82, 2.24) is 14.3 Å². The molecule has 1 aromatic heterocycles. The molecule has 1 heterocycles. The van der Waals surface area contributed by atoms with Crippen molar-refractivity contribution in [1.29, 1.82) is 0 Å². The zero-order valence-electron chi connectivity index (χ0n) is 9.43. The number of hydrogen-bond acceptors (Lipinski definition) is 3. The Labute approximate surface area is 113 Å². The number of hydrogen-bond donors (Lipinski definition) is 0. The lowest BCUT2D eigenvalue weighted by molar-refractivity contribution is 0.0966. The van der Waals surface area contributed by atoms with E-state index in [2.05, 4.69) is 5.10 Å². The summed E-state index contributed by atoms with van der Waals surface area (Å²) in [5.74, 6) is -0.316. The van der Waals surface area contributed by atoms with Crippen molar-refractivity contribution in [3.05, 3.63) is 50.6 Å². The van der Waals surface area contributed by atoms with E-state index in [1.165, 1.54) is 23.0 Å². The van der Waals surface area contributed by atoms with E-state index >= 15 is 0 Å². The molecule has 0 aliphatic rings. The van der Waals surface area contributed by atoms with Crippen LogP contribution in [0, 0.1) is 0 Å². The van der Waals surface area contributed by atoms with Gasteiger partial charge in [-0.15, -0.1) is 0 Å². The highest BCUT2D eigenvalue weighted by molar-refractivity contribution is 6.35. The van der Waals surface area contributed by atoms with Gasteiger partial charge in [0.25, 0.3) is 0 Å². The topological polar surface area (TPSA) is 56.9 Å². The summed E-state index contributed by atoms with van der Waals surface area (Å²) in [6.45, 7) is -0.167.